The predicted octanol–water partition coefficient (Wildman–Crippen LogP) is 2.77. The molecule has 1 amide bonds. The summed E-state index contributed by atoms with van der Waals surface area (Å²) < 4.78 is 19.6. The quantitative estimate of drug-likeness (QED) is 0.378. The zero-order chi connectivity index (χ0) is 28.2. The Morgan fingerprint density at radius 1 is 1.15 bits per heavy atom. The van der Waals surface area contributed by atoms with E-state index in [2.05, 4.69) is 20.5 Å². The van der Waals surface area contributed by atoms with E-state index in [0.29, 0.717) is 40.4 Å². The average molecular weight is 565 g/mol. The number of amides is 1. The Hall–Kier alpha value is -3.64. The van der Waals surface area contributed by atoms with Gasteiger partial charge in [0.2, 0.25) is 11.5 Å². The number of Topliss-reactive ketones (excluding diaryl/α,β-unsaturated/α-hetero) is 1. The van der Waals surface area contributed by atoms with Crippen molar-refractivity contribution in [2.75, 3.05) is 33.9 Å². The summed E-state index contributed by atoms with van der Waals surface area (Å²) in [7, 11) is 3.11. The van der Waals surface area contributed by atoms with Gasteiger partial charge in [0, 0.05) is 35.8 Å². The number of carbonyl (C=O) groups is 2. The van der Waals surface area contributed by atoms with Crippen molar-refractivity contribution in [3.63, 3.8) is 0 Å². The minimum atomic E-state index is -0.617. The van der Waals surface area contributed by atoms with Crippen LogP contribution in [-0.4, -0.2) is 70.3 Å². The molecule has 0 atom stereocenters. The lowest BCUT2D eigenvalue weighted by molar-refractivity contribution is 0.0965. The molecule has 0 aliphatic carbocycles. The van der Waals surface area contributed by atoms with E-state index in [1.165, 1.54) is 9.20 Å². The molecule has 13 heteroatoms. The van der Waals surface area contributed by atoms with Crippen molar-refractivity contribution in [3.8, 4) is 17.4 Å². The van der Waals surface area contributed by atoms with Gasteiger partial charge >= 0.3 is 6.09 Å². The summed E-state index contributed by atoms with van der Waals surface area (Å²) in [6.45, 7) is 11.6. The van der Waals surface area contributed by atoms with Crippen molar-refractivity contribution in [3.05, 3.63) is 40.0 Å². The molecule has 0 aliphatic heterocycles. The lowest BCUT2D eigenvalue weighted by atomic mass is 9.84. The van der Waals surface area contributed by atoms with E-state index < -0.39 is 6.09 Å². The molecule has 3 aromatic rings. The van der Waals surface area contributed by atoms with Crippen molar-refractivity contribution in [1.82, 2.24) is 24.7 Å². The second-order valence-electron chi connectivity index (χ2n) is 9.69. The normalized spacial score (nSPS) is 11.8. The first kappa shape index (κ1) is 31.6. The summed E-state index contributed by atoms with van der Waals surface area (Å²) in [6.07, 6.45) is -0.617. The van der Waals surface area contributed by atoms with Crippen LogP contribution in [0.5, 0.6) is 17.4 Å². The van der Waals surface area contributed by atoms with Gasteiger partial charge in [-0.1, -0.05) is 20.8 Å². The highest BCUT2D eigenvalue weighted by Gasteiger charge is 2.26. The summed E-state index contributed by atoms with van der Waals surface area (Å²) in [4.78, 5) is 29.8. The van der Waals surface area contributed by atoms with Crippen LogP contribution in [-0.2, 0) is 12.0 Å². The minimum absolute atomic E-state index is 0. The monoisotopic (exact) mass is 564 g/mol. The molecule has 214 valence electrons. The minimum Gasteiger partial charge on any atom is -0.493 e. The fourth-order valence-corrected chi connectivity index (χ4v) is 3.93. The molecule has 0 fully saturated rings. The van der Waals surface area contributed by atoms with E-state index >= 15 is 0 Å². The molecular formula is C26H37ClN6O6. The number of rotatable bonds is 9. The summed E-state index contributed by atoms with van der Waals surface area (Å²) in [5.74, 6) is 0.774. The van der Waals surface area contributed by atoms with Crippen molar-refractivity contribution >= 4 is 29.9 Å². The van der Waals surface area contributed by atoms with Crippen LogP contribution in [0.2, 0.25) is 0 Å². The van der Waals surface area contributed by atoms with Crippen molar-refractivity contribution in [2.24, 2.45) is 4.99 Å². The van der Waals surface area contributed by atoms with Gasteiger partial charge in [0.1, 0.15) is 13.2 Å². The van der Waals surface area contributed by atoms with Gasteiger partial charge in [-0.2, -0.15) is 4.52 Å². The van der Waals surface area contributed by atoms with E-state index in [-0.39, 0.29) is 49.2 Å². The molecule has 0 unspecified atom stereocenters. The van der Waals surface area contributed by atoms with Crippen LogP contribution in [0.1, 0.15) is 54.7 Å². The number of aliphatic hydroxyl groups excluding tert-OH is 1. The predicted molar refractivity (Wildman–Crippen MR) is 147 cm³/mol. The summed E-state index contributed by atoms with van der Waals surface area (Å²) >= 11 is 0. The molecule has 39 heavy (non-hydrogen) atoms. The first-order chi connectivity index (χ1) is 18.0. The number of aliphatic hydroxyl groups is 1. The highest BCUT2D eigenvalue weighted by Crippen LogP contribution is 2.40. The molecule has 0 bridgehead atoms. The number of methoxy groups -OCH3 is 1. The van der Waals surface area contributed by atoms with Crippen LogP contribution in [0, 0.1) is 13.8 Å². The van der Waals surface area contributed by atoms with Gasteiger partial charge in [-0.15, -0.1) is 22.6 Å². The molecule has 0 aliphatic rings. The molecule has 0 radical (unpaired) electrons. The zero-order valence-electron chi connectivity index (χ0n) is 23.6. The van der Waals surface area contributed by atoms with E-state index in [9.17, 15) is 14.7 Å². The largest absolute Gasteiger partial charge is 0.493 e. The smallest absolute Gasteiger partial charge is 0.413 e. The maximum absolute atomic E-state index is 13.5. The standard InChI is InChI=1S/C26H36N6O6.ClH/c1-9-28-25(35)38-23-16(3)15(2)22-29-31(24(27-7)32(22)30-23)14-19(34)17-12-18(26(4,5)6)21(36-8)20(13-17)37-11-10-33;/h12-13,33H,9-11,14H2,1-8H3,(H,28,35);1H. The van der Waals surface area contributed by atoms with Gasteiger partial charge in [-0.25, -0.2) is 9.48 Å². The van der Waals surface area contributed by atoms with Crippen LogP contribution in [0.4, 0.5) is 4.79 Å². The number of fused-ring (bicyclic) bond motifs is 1. The Balaban J connectivity index is 0.00000533. The maximum Gasteiger partial charge on any atom is 0.413 e. The van der Waals surface area contributed by atoms with Gasteiger partial charge in [-0.3, -0.25) is 9.79 Å². The molecule has 3 rings (SSSR count). The molecule has 2 heterocycles. The van der Waals surface area contributed by atoms with Gasteiger partial charge in [0.25, 0.3) is 0 Å². The van der Waals surface area contributed by atoms with Crippen LogP contribution in [0.15, 0.2) is 17.1 Å². The summed E-state index contributed by atoms with van der Waals surface area (Å²) in [6, 6.07) is 3.40. The molecule has 12 nitrogen and oxygen atoms in total. The second kappa shape index (κ2) is 12.9. The number of nitrogens with one attached hydrogen (secondary N) is 1. The number of halogens is 1. The first-order valence-electron chi connectivity index (χ1n) is 12.3. The molecular weight excluding hydrogens is 528 g/mol. The number of ketones is 1. The SMILES string of the molecule is CCNC(=O)Oc1nn2c(=NC)n(CC(=O)c3cc(OCCO)c(OC)c(C(C)(C)C)c3)nc2c(C)c1C.Cl. The van der Waals surface area contributed by atoms with E-state index in [1.807, 2.05) is 27.7 Å². The Labute approximate surface area is 233 Å². The van der Waals surface area contributed by atoms with E-state index in [1.54, 1.807) is 40.1 Å². The van der Waals surface area contributed by atoms with Crippen LogP contribution in [0.25, 0.3) is 5.65 Å². The molecule has 0 spiro atoms. The van der Waals surface area contributed by atoms with Gasteiger partial charge < -0.3 is 24.6 Å². The van der Waals surface area contributed by atoms with Gasteiger partial charge in [0.15, 0.2) is 22.9 Å². The number of aromatic nitrogens is 4. The Morgan fingerprint density at radius 2 is 1.85 bits per heavy atom. The number of aryl methyl sites for hydroxylation is 1. The fraction of sp³-hybridized carbons (Fsp3) is 0.500. The lowest BCUT2D eigenvalue weighted by Crippen LogP contribution is -2.29. The van der Waals surface area contributed by atoms with Crippen molar-refractivity contribution in [1.29, 1.82) is 0 Å². The van der Waals surface area contributed by atoms with E-state index in [4.69, 9.17) is 14.2 Å². The third-order valence-electron chi connectivity index (χ3n) is 5.99. The fourth-order valence-electron chi connectivity index (χ4n) is 3.93. The number of carbonyl (C=O) groups excluding carboxylic acids is 2. The number of hydrogen-bond donors (Lipinski definition) is 2. The Kier molecular flexibility index (Phi) is 10.5. The lowest BCUT2D eigenvalue weighted by Gasteiger charge is -2.25. The summed E-state index contributed by atoms with van der Waals surface area (Å²) in [5, 5.41) is 20.9. The first-order valence-corrected chi connectivity index (χ1v) is 12.3. The average Bonchev–Trinajstić information content (AvgIpc) is 3.21. The van der Waals surface area contributed by atoms with E-state index in [0.717, 1.165) is 11.1 Å². The topological polar surface area (TPSA) is 142 Å². The van der Waals surface area contributed by atoms with Gasteiger partial charge in [-0.05, 0) is 38.3 Å². The molecule has 2 aromatic heterocycles. The zero-order valence-corrected chi connectivity index (χ0v) is 24.4. The van der Waals surface area contributed by atoms with Crippen molar-refractivity contribution in [2.45, 2.75) is 53.5 Å². The second-order valence-corrected chi connectivity index (χ2v) is 9.69. The molecule has 2 N–H and O–H groups in total. The van der Waals surface area contributed by atoms with Crippen LogP contribution < -0.4 is 25.1 Å². The maximum atomic E-state index is 13.5. The summed E-state index contributed by atoms with van der Waals surface area (Å²) in [5.41, 5.74) is 3.00. The molecule has 1 aromatic carbocycles. The van der Waals surface area contributed by atoms with Crippen LogP contribution >= 0.6 is 12.4 Å². The third-order valence-corrected chi connectivity index (χ3v) is 5.99. The number of nitrogens with zero attached hydrogens (tertiary/aromatic N) is 5. The van der Waals surface area contributed by atoms with Crippen molar-refractivity contribution < 1.29 is 28.9 Å². The number of ether oxygens (including phenoxy) is 3. The third kappa shape index (κ3) is 6.69. The Bertz CT molecular complexity index is 1420. The highest BCUT2D eigenvalue weighted by molar-refractivity contribution is 5.97. The van der Waals surface area contributed by atoms with Gasteiger partial charge in [0.05, 0.1) is 13.7 Å². The Morgan fingerprint density at radius 3 is 2.41 bits per heavy atom. The highest BCUT2D eigenvalue weighted by atomic mass is 35.5. The molecule has 0 saturated carbocycles. The van der Waals surface area contributed by atoms with Crippen LogP contribution in [0.3, 0.4) is 0 Å². The number of hydrogen-bond acceptors (Lipinski definition) is 9. The molecule has 0 saturated heterocycles. The number of benzene rings is 1.